The lowest BCUT2D eigenvalue weighted by molar-refractivity contribution is 0.308. The first kappa shape index (κ1) is 18.1. The van der Waals surface area contributed by atoms with Crippen LogP contribution in [-0.4, -0.2) is 41.4 Å². The Bertz CT molecular complexity index is 535. The van der Waals surface area contributed by atoms with Crippen LogP contribution in [0.1, 0.15) is 45.9 Å². The Morgan fingerprint density at radius 3 is 2.43 bits per heavy atom. The predicted octanol–water partition coefficient (Wildman–Crippen LogP) is 1.74. The van der Waals surface area contributed by atoms with Crippen molar-refractivity contribution < 1.29 is 8.42 Å². The van der Waals surface area contributed by atoms with E-state index < -0.39 is 10.0 Å². The van der Waals surface area contributed by atoms with Crippen LogP contribution < -0.4 is 5.73 Å². The monoisotopic (exact) mass is 316 g/mol. The van der Waals surface area contributed by atoms with E-state index in [2.05, 4.69) is 11.9 Å². The van der Waals surface area contributed by atoms with Gasteiger partial charge in [0.05, 0.1) is 0 Å². The summed E-state index contributed by atoms with van der Waals surface area (Å²) in [5.41, 5.74) is 5.60. The standard InChI is InChI=1S/C14H28N4O2S/c1-5-9-17-11-14(16-12(17)4)21(19,20)18(10-8-15)13(6-2)7-3/h11,13H,5-10,15H2,1-4H3. The molecule has 122 valence electrons. The highest BCUT2D eigenvalue weighted by Gasteiger charge is 2.31. The second-order valence-corrected chi connectivity index (χ2v) is 7.03. The van der Waals surface area contributed by atoms with Gasteiger partial charge in [-0.2, -0.15) is 4.31 Å². The Labute approximate surface area is 128 Å². The van der Waals surface area contributed by atoms with Gasteiger partial charge in [0.2, 0.25) is 0 Å². The molecule has 0 radical (unpaired) electrons. The van der Waals surface area contributed by atoms with Gasteiger partial charge >= 0.3 is 0 Å². The number of aromatic nitrogens is 2. The van der Waals surface area contributed by atoms with Gasteiger partial charge in [0.15, 0.2) is 5.03 Å². The quantitative estimate of drug-likeness (QED) is 0.752. The highest BCUT2D eigenvalue weighted by molar-refractivity contribution is 7.89. The zero-order valence-corrected chi connectivity index (χ0v) is 14.4. The van der Waals surface area contributed by atoms with Crippen LogP contribution in [0.2, 0.25) is 0 Å². The Morgan fingerprint density at radius 2 is 1.95 bits per heavy atom. The third kappa shape index (κ3) is 4.05. The van der Waals surface area contributed by atoms with Crippen molar-refractivity contribution in [3.8, 4) is 0 Å². The minimum Gasteiger partial charge on any atom is -0.334 e. The highest BCUT2D eigenvalue weighted by atomic mass is 32.2. The van der Waals surface area contributed by atoms with Crippen molar-refractivity contribution in [3.05, 3.63) is 12.0 Å². The molecule has 0 aromatic carbocycles. The minimum absolute atomic E-state index is 0.0322. The van der Waals surface area contributed by atoms with Crippen molar-refractivity contribution in [2.24, 2.45) is 5.73 Å². The van der Waals surface area contributed by atoms with Crippen LogP contribution in [0.4, 0.5) is 0 Å². The van der Waals surface area contributed by atoms with E-state index in [0.29, 0.717) is 13.1 Å². The first-order valence-corrected chi connectivity index (χ1v) is 9.11. The second kappa shape index (κ2) is 7.91. The van der Waals surface area contributed by atoms with E-state index in [9.17, 15) is 8.42 Å². The van der Waals surface area contributed by atoms with E-state index in [0.717, 1.165) is 31.6 Å². The Hall–Kier alpha value is -0.920. The van der Waals surface area contributed by atoms with Gasteiger partial charge < -0.3 is 10.3 Å². The van der Waals surface area contributed by atoms with E-state index >= 15 is 0 Å². The molecule has 21 heavy (non-hydrogen) atoms. The summed E-state index contributed by atoms with van der Waals surface area (Å²) in [5.74, 6) is 0.729. The molecule has 0 saturated heterocycles. The van der Waals surface area contributed by atoms with Gasteiger partial charge in [-0.1, -0.05) is 20.8 Å². The van der Waals surface area contributed by atoms with Crippen LogP contribution in [-0.2, 0) is 16.6 Å². The summed E-state index contributed by atoms with van der Waals surface area (Å²) in [4.78, 5) is 4.25. The Balaban J connectivity index is 3.19. The molecule has 1 rings (SSSR count). The molecule has 6 nitrogen and oxygen atoms in total. The lowest BCUT2D eigenvalue weighted by atomic mass is 10.2. The second-order valence-electron chi connectivity index (χ2n) is 5.19. The molecule has 0 spiro atoms. The van der Waals surface area contributed by atoms with Gasteiger partial charge in [0, 0.05) is 31.9 Å². The van der Waals surface area contributed by atoms with Crippen LogP contribution in [0.3, 0.4) is 0 Å². The number of hydrogen-bond acceptors (Lipinski definition) is 4. The zero-order chi connectivity index (χ0) is 16.0. The van der Waals surface area contributed by atoms with Gasteiger partial charge in [-0.25, -0.2) is 13.4 Å². The fourth-order valence-corrected chi connectivity index (χ4v) is 4.30. The van der Waals surface area contributed by atoms with Crippen LogP contribution in [0.25, 0.3) is 0 Å². The molecule has 7 heteroatoms. The van der Waals surface area contributed by atoms with Gasteiger partial charge in [0.25, 0.3) is 10.0 Å². The van der Waals surface area contributed by atoms with Crippen LogP contribution in [0.5, 0.6) is 0 Å². The summed E-state index contributed by atoms with van der Waals surface area (Å²) in [6.07, 6.45) is 4.12. The largest absolute Gasteiger partial charge is 0.334 e. The summed E-state index contributed by atoms with van der Waals surface area (Å²) in [7, 11) is -3.59. The van der Waals surface area contributed by atoms with E-state index in [-0.39, 0.29) is 11.1 Å². The maximum Gasteiger partial charge on any atom is 0.262 e. The molecular formula is C14H28N4O2S. The lowest BCUT2D eigenvalue weighted by Crippen LogP contribution is -2.42. The summed E-state index contributed by atoms with van der Waals surface area (Å²) in [6.45, 7) is 9.29. The zero-order valence-electron chi connectivity index (χ0n) is 13.5. The summed E-state index contributed by atoms with van der Waals surface area (Å²) < 4.78 is 29.1. The molecular weight excluding hydrogens is 288 g/mol. The average Bonchev–Trinajstić information content (AvgIpc) is 2.82. The first-order chi connectivity index (χ1) is 9.92. The molecule has 1 aromatic rings. The molecule has 0 atom stereocenters. The molecule has 0 aliphatic carbocycles. The average molecular weight is 316 g/mol. The fraction of sp³-hybridized carbons (Fsp3) is 0.786. The molecule has 1 aromatic heterocycles. The van der Waals surface area contributed by atoms with Gasteiger partial charge in [0.1, 0.15) is 5.82 Å². The Kier molecular flexibility index (Phi) is 6.83. The molecule has 0 bridgehead atoms. The normalized spacial score (nSPS) is 12.5. The van der Waals surface area contributed by atoms with E-state index in [1.54, 1.807) is 6.20 Å². The number of nitrogens with two attached hydrogens (primary N) is 1. The minimum atomic E-state index is -3.59. The van der Waals surface area contributed by atoms with E-state index in [1.165, 1.54) is 4.31 Å². The molecule has 1 heterocycles. The summed E-state index contributed by atoms with van der Waals surface area (Å²) in [5, 5.41) is 0.133. The predicted molar refractivity (Wildman–Crippen MR) is 84.6 cm³/mol. The maximum absolute atomic E-state index is 12.8. The molecule has 0 fully saturated rings. The summed E-state index contributed by atoms with van der Waals surface area (Å²) in [6, 6.07) is -0.0322. The number of sulfonamides is 1. The molecule has 0 saturated carbocycles. The highest BCUT2D eigenvalue weighted by Crippen LogP contribution is 2.20. The van der Waals surface area contributed by atoms with E-state index in [4.69, 9.17) is 5.73 Å². The number of rotatable bonds is 9. The van der Waals surface area contributed by atoms with Crippen molar-refractivity contribution in [2.45, 2.75) is 64.6 Å². The van der Waals surface area contributed by atoms with E-state index in [1.807, 2.05) is 25.3 Å². The van der Waals surface area contributed by atoms with Crippen molar-refractivity contribution in [1.82, 2.24) is 13.9 Å². The van der Waals surface area contributed by atoms with Crippen molar-refractivity contribution in [2.75, 3.05) is 13.1 Å². The molecule has 0 aliphatic rings. The van der Waals surface area contributed by atoms with Crippen LogP contribution >= 0.6 is 0 Å². The third-order valence-corrected chi connectivity index (χ3v) is 5.51. The van der Waals surface area contributed by atoms with Crippen molar-refractivity contribution >= 4 is 10.0 Å². The van der Waals surface area contributed by atoms with Gasteiger partial charge in [-0.15, -0.1) is 0 Å². The van der Waals surface area contributed by atoms with Crippen molar-refractivity contribution in [1.29, 1.82) is 0 Å². The van der Waals surface area contributed by atoms with Gasteiger partial charge in [-0.05, 0) is 26.2 Å². The first-order valence-electron chi connectivity index (χ1n) is 7.67. The van der Waals surface area contributed by atoms with Crippen LogP contribution in [0, 0.1) is 6.92 Å². The Morgan fingerprint density at radius 1 is 1.33 bits per heavy atom. The number of hydrogen-bond donors (Lipinski definition) is 1. The summed E-state index contributed by atoms with van der Waals surface area (Å²) >= 11 is 0. The topological polar surface area (TPSA) is 81.2 Å². The SMILES string of the molecule is CCCn1cc(S(=O)(=O)N(CCN)C(CC)CC)nc1C. The number of aryl methyl sites for hydroxylation is 2. The smallest absolute Gasteiger partial charge is 0.262 e. The maximum atomic E-state index is 12.8. The van der Waals surface area contributed by atoms with Gasteiger partial charge in [-0.3, -0.25) is 0 Å². The molecule has 0 amide bonds. The molecule has 2 N–H and O–H groups in total. The number of imidazole rings is 1. The molecule has 0 unspecified atom stereocenters. The third-order valence-electron chi connectivity index (χ3n) is 3.69. The fourth-order valence-electron chi connectivity index (χ4n) is 2.51. The number of nitrogens with zero attached hydrogens (tertiary/aromatic N) is 3. The van der Waals surface area contributed by atoms with Crippen LogP contribution in [0.15, 0.2) is 11.2 Å². The lowest BCUT2D eigenvalue weighted by Gasteiger charge is -2.28. The van der Waals surface area contributed by atoms with Crippen molar-refractivity contribution in [3.63, 3.8) is 0 Å². The molecule has 0 aliphatic heterocycles.